The molecule has 1 saturated carbocycles. The van der Waals surface area contributed by atoms with Crippen molar-refractivity contribution in [1.29, 1.82) is 0 Å². The molecule has 0 aromatic carbocycles. The Bertz CT molecular complexity index is 869. The smallest absolute Gasteiger partial charge is 0.408 e. The van der Waals surface area contributed by atoms with Gasteiger partial charge in [-0.3, -0.25) is 9.59 Å². The summed E-state index contributed by atoms with van der Waals surface area (Å²) in [5, 5.41) is 15.8. The number of allylic oxidation sites excluding steroid dienone is 1. The van der Waals surface area contributed by atoms with Crippen LogP contribution in [0.25, 0.3) is 0 Å². The van der Waals surface area contributed by atoms with Gasteiger partial charge in [0, 0.05) is 18.9 Å². The first-order valence-electron chi connectivity index (χ1n) is 13.1. The first-order chi connectivity index (χ1) is 17.4. The number of unbranched alkanes of at least 4 members (excludes halogenated alkanes) is 3. The van der Waals surface area contributed by atoms with Crippen LogP contribution in [-0.2, 0) is 23.9 Å². The molecule has 3 amide bonds. The minimum absolute atomic E-state index is 0.0216. The highest BCUT2D eigenvalue weighted by Gasteiger charge is 2.62. The van der Waals surface area contributed by atoms with Crippen LogP contribution in [0, 0.1) is 5.92 Å². The highest BCUT2D eigenvalue weighted by Crippen LogP contribution is 2.45. The monoisotopic (exact) mass is 521 g/mol. The first kappa shape index (κ1) is 30.3. The molecule has 2 aliphatic rings. The lowest BCUT2D eigenvalue weighted by molar-refractivity contribution is -0.150. The topological polar surface area (TPSA) is 134 Å². The molecule has 2 fully saturated rings. The zero-order chi connectivity index (χ0) is 27.8. The van der Waals surface area contributed by atoms with Crippen molar-refractivity contribution in [2.24, 2.45) is 5.92 Å². The molecule has 0 spiro atoms. The predicted molar refractivity (Wildman–Crippen MR) is 138 cm³/mol. The molecule has 37 heavy (non-hydrogen) atoms. The number of hydrogen-bond donors (Lipinski definition) is 3. The fourth-order valence-corrected chi connectivity index (χ4v) is 4.59. The molecule has 5 atom stereocenters. The molecule has 2 rings (SSSR count). The van der Waals surface area contributed by atoms with E-state index in [2.05, 4.69) is 23.8 Å². The molecule has 1 saturated heterocycles. The Kier molecular flexibility index (Phi) is 10.7. The summed E-state index contributed by atoms with van der Waals surface area (Å²) in [4.78, 5) is 53.3. The Labute approximate surface area is 219 Å². The molecule has 0 radical (unpaired) electrons. The minimum Gasteiger partial charge on any atom is -0.464 e. The van der Waals surface area contributed by atoms with Crippen LogP contribution in [-0.4, -0.2) is 76.4 Å². The van der Waals surface area contributed by atoms with E-state index in [1.807, 2.05) is 6.08 Å². The van der Waals surface area contributed by atoms with Gasteiger partial charge in [-0.25, -0.2) is 9.59 Å². The van der Waals surface area contributed by atoms with Crippen LogP contribution < -0.4 is 10.6 Å². The Morgan fingerprint density at radius 2 is 1.89 bits per heavy atom. The molecule has 3 N–H and O–H groups in total. The number of aliphatic hydroxyl groups excluding tert-OH is 1. The number of hydrogen-bond acceptors (Lipinski definition) is 7. The van der Waals surface area contributed by atoms with E-state index in [9.17, 15) is 24.3 Å². The summed E-state index contributed by atoms with van der Waals surface area (Å²) >= 11 is 0. The van der Waals surface area contributed by atoms with Crippen molar-refractivity contribution < 1.29 is 33.8 Å². The van der Waals surface area contributed by atoms with E-state index >= 15 is 0 Å². The largest absolute Gasteiger partial charge is 0.464 e. The lowest BCUT2D eigenvalue weighted by Gasteiger charge is -2.30. The minimum atomic E-state index is -1.21. The molecule has 1 heterocycles. The van der Waals surface area contributed by atoms with Crippen molar-refractivity contribution in [1.82, 2.24) is 15.5 Å². The molecular weight excluding hydrogens is 478 g/mol. The Morgan fingerprint density at radius 1 is 1.19 bits per heavy atom. The van der Waals surface area contributed by atoms with Crippen LogP contribution in [0.5, 0.6) is 0 Å². The number of β-amino-alcohol motifs (C(OH)–C–C–N with tert-alkyl or cyclic N) is 1. The van der Waals surface area contributed by atoms with Crippen molar-refractivity contribution in [3.63, 3.8) is 0 Å². The maximum absolute atomic E-state index is 13.6. The number of amides is 3. The highest BCUT2D eigenvalue weighted by molar-refractivity contribution is 5.96. The average molecular weight is 522 g/mol. The first-order valence-corrected chi connectivity index (χ1v) is 13.1. The SMILES string of the molecule is C=CCCCCC[C@H](NC(=O)OC(C)(C)C)C(=O)N1CC(O)C[C@H]1C(=O)N[C@]1(C(=O)OCC)CC1C=C. The number of carbonyl (C=O) groups excluding carboxylic acids is 4. The third kappa shape index (κ3) is 8.31. The maximum Gasteiger partial charge on any atom is 0.408 e. The second-order valence-corrected chi connectivity index (χ2v) is 10.7. The van der Waals surface area contributed by atoms with Gasteiger partial charge in [0.2, 0.25) is 11.8 Å². The van der Waals surface area contributed by atoms with Crippen LogP contribution in [0.4, 0.5) is 4.79 Å². The van der Waals surface area contributed by atoms with Gasteiger partial charge >= 0.3 is 12.1 Å². The van der Waals surface area contributed by atoms with Gasteiger partial charge in [-0.1, -0.05) is 25.0 Å². The number of ether oxygens (including phenoxy) is 2. The third-order valence-electron chi connectivity index (χ3n) is 6.54. The number of aliphatic hydroxyl groups is 1. The van der Waals surface area contributed by atoms with Gasteiger partial charge < -0.3 is 30.1 Å². The number of nitrogens with zero attached hydrogens (tertiary/aromatic N) is 1. The molecule has 10 nitrogen and oxygen atoms in total. The van der Waals surface area contributed by atoms with E-state index < -0.39 is 53.2 Å². The Hall–Kier alpha value is -2.88. The van der Waals surface area contributed by atoms with Crippen LogP contribution in [0.3, 0.4) is 0 Å². The second-order valence-electron chi connectivity index (χ2n) is 10.7. The molecule has 0 aromatic heterocycles. The summed E-state index contributed by atoms with van der Waals surface area (Å²) < 4.78 is 10.5. The highest BCUT2D eigenvalue weighted by atomic mass is 16.6. The van der Waals surface area contributed by atoms with Gasteiger partial charge in [-0.05, 0) is 53.4 Å². The third-order valence-corrected chi connectivity index (χ3v) is 6.54. The molecule has 0 aromatic rings. The molecular formula is C27H43N3O7. The number of nitrogens with one attached hydrogen (secondary N) is 2. The van der Waals surface area contributed by atoms with Gasteiger partial charge in [0.15, 0.2) is 0 Å². The Morgan fingerprint density at radius 3 is 2.46 bits per heavy atom. The van der Waals surface area contributed by atoms with E-state index in [0.717, 1.165) is 19.3 Å². The summed E-state index contributed by atoms with van der Waals surface area (Å²) in [5.41, 5.74) is -1.96. The number of rotatable bonds is 13. The van der Waals surface area contributed by atoms with Crippen molar-refractivity contribution in [3.8, 4) is 0 Å². The molecule has 0 bridgehead atoms. The summed E-state index contributed by atoms with van der Waals surface area (Å²) in [7, 11) is 0. The summed E-state index contributed by atoms with van der Waals surface area (Å²) in [6.07, 6.45) is 5.77. The van der Waals surface area contributed by atoms with Gasteiger partial charge in [-0.15, -0.1) is 13.2 Å². The summed E-state index contributed by atoms with van der Waals surface area (Å²) in [6.45, 7) is 14.4. The van der Waals surface area contributed by atoms with E-state index in [-0.39, 0.29) is 25.5 Å². The second kappa shape index (κ2) is 13.1. The van der Waals surface area contributed by atoms with E-state index in [4.69, 9.17) is 9.47 Å². The molecule has 10 heteroatoms. The van der Waals surface area contributed by atoms with Crippen LogP contribution >= 0.6 is 0 Å². The zero-order valence-electron chi connectivity index (χ0n) is 22.6. The van der Waals surface area contributed by atoms with Crippen molar-refractivity contribution in [3.05, 3.63) is 25.3 Å². The Balaban J connectivity index is 2.17. The van der Waals surface area contributed by atoms with Gasteiger partial charge in [0.1, 0.15) is 23.2 Å². The normalized spacial score (nSPS) is 25.5. The lowest BCUT2D eigenvalue weighted by Crippen LogP contribution is -2.56. The molecule has 208 valence electrons. The molecule has 2 unspecified atom stereocenters. The predicted octanol–water partition coefficient (Wildman–Crippen LogP) is 2.60. The van der Waals surface area contributed by atoms with Gasteiger partial charge in [-0.2, -0.15) is 0 Å². The number of esters is 1. The quantitative estimate of drug-likeness (QED) is 0.193. The maximum atomic E-state index is 13.6. The zero-order valence-corrected chi connectivity index (χ0v) is 22.6. The van der Waals surface area contributed by atoms with E-state index in [0.29, 0.717) is 19.3 Å². The summed E-state index contributed by atoms with van der Waals surface area (Å²) in [5.74, 6) is -1.85. The van der Waals surface area contributed by atoms with Crippen molar-refractivity contribution >= 4 is 23.9 Å². The number of likely N-dealkylation sites (tertiary alicyclic amines) is 1. The molecule has 1 aliphatic carbocycles. The standard InChI is InChI=1S/C27H43N3O7/c1-7-10-11-12-13-14-20(28-25(35)37-26(4,5)6)23(33)30-17-19(31)15-21(30)22(32)29-27(16-18(27)8-2)24(34)36-9-3/h7-8,18-21,31H,1-2,9-17H2,3-6H3,(H,28,35)(H,29,32)/t18?,19?,20-,21-,27+/m0/s1. The van der Waals surface area contributed by atoms with Crippen LogP contribution in [0.15, 0.2) is 25.3 Å². The van der Waals surface area contributed by atoms with Crippen molar-refractivity contribution in [2.75, 3.05) is 13.2 Å². The number of alkyl carbamates (subject to hydrolysis) is 1. The fourth-order valence-electron chi connectivity index (χ4n) is 4.59. The van der Waals surface area contributed by atoms with Gasteiger partial charge in [0.05, 0.1) is 12.7 Å². The van der Waals surface area contributed by atoms with E-state index in [1.165, 1.54) is 4.90 Å². The van der Waals surface area contributed by atoms with E-state index in [1.54, 1.807) is 33.8 Å². The average Bonchev–Trinajstić information content (AvgIpc) is 3.39. The van der Waals surface area contributed by atoms with Crippen molar-refractivity contribution in [2.45, 2.75) is 102 Å². The number of carbonyl (C=O) groups is 4. The summed E-state index contributed by atoms with van der Waals surface area (Å²) in [6, 6.07) is -1.93. The van der Waals surface area contributed by atoms with Crippen LogP contribution in [0.2, 0.25) is 0 Å². The van der Waals surface area contributed by atoms with Gasteiger partial charge in [0.25, 0.3) is 0 Å². The lowest BCUT2D eigenvalue weighted by atomic mass is 10.0. The fraction of sp³-hybridized carbons (Fsp3) is 0.704. The molecule has 1 aliphatic heterocycles. The van der Waals surface area contributed by atoms with Crippen LogP contribution in [0.1, 0.15) is 72.6 Å².